The molecule has 0 spiro atoms. The van der Waals surface area contributed by atoms with Crippen LogP contribution in [-0.2, 0) is 19.1 Å². The monoisotopic (exact) mass is 309 g/mol. The Morgan fingerprint density at radius 2 is 2.14 bits per heavy atom. The van der Waals surface area contributed by atoms with Gasteiger partial charge in [-0.2, -0.15) is 0 Å². The van der Waals surface area contributed by atoms with Gasteiger partial charge in [0.1, 0.15) is 17.9 Å². The van der Waals surface area contributed by atoms with Gasteiger partial charge in [0.05, 0.1) is 12.0 Å². The second-order valence-corrected chi connectivity index (χ2v) is 6.70. The van der Waals surface area contributed by atoms with Crippen molar-refractivity contribution in [3.8, 4) is 0 Å². The van der Waals surface area contributed by atoms with E-state index in [9.17, 15) is 14.4 Å². The van der Waals surface area contributed by atoms with Gasteiger partial charge >= 0.3 is 5.97 Å². The average Bonchev–Trinajstić information content (AvgIpc) is 3.14. The summed E-state index contributed by atoms with van der Waals surface area (Å²) < 4.78 is 4.88. The van der Waals surface area contributed by atoms with E-state index in [4.69, 9.17) is 4.74 Å². The molecule has 2 amide bonds. The van der Waals surface area contributed by atoms with Crippen LogP contribution in [0.4, 0.5) is 0 Å². The van der Waals surface area contributed by atoms with E-state index >= 15 is 0 Å². The number of esters is 1. The van der Waals surface area contributed by atoms with Crippen LogP contribution >= 0.6 is 11.3 Å². The first-order valence-electron chi connectivity index (χ1n) is 6.71. The van der Waals surface area contributed by atoms with Gasteiger partial charge in [0, 0.05) is 14.0 Å². The lowest BCUT2D eigenvalue weighted by Gasteiger charge is -2.24. The predicted octanol–water partition coefficient (Wildman–Crippen LogP) is -0.471. The molecule has 112 valence electrons. The van der Waals surface area contributed by atoms with Crippen molar-refractivity contribution in [2.24, 2.45) is 11.8 Å². The van der Waals surface area contributed by atoms with E-state index in [1.165, 1.54) is 25.5 Å². The number of rotatable bonds is 2. The maximum Gasteiger partial charge on any atom is 0.368 e. The fourth-order valence-electron chi connectivity index (χ4n) is 3.56. The van der Waals surface area contributed by atoms with Crippen LogP contribution in [0.25, 0.3) is 0 Å². The van der Waals surface area contributed by atoms with Crippen molar-refractivity contribution in [2.75, 3.05) is 14.2 Å². The number of nitrogens with two attached hydrogens (primary N) is 1. The molecule has 2 saturated heterocycles. The molecule has 0 bridgehead atoms. The van der Waals surface area contributed by atoms with Gasteiger partial charge in [0.15, 0.2) is 0 Å². The maximum absolute atomic E-state index is 12.4. The summed E-state index contributed by atoms with van der Waals surface area (Å²) in [5.41, 5.74) is -1.06. The van der Waals surface area contributed by atoms with Gasteiger partial charge < -0.3 is 10.1 Å². The molecule has 0 aliphatic carbocycles. The van der Waals surface area contributed by atoms with Crippen molar-refractivity contribution < 1.29 is 24.4 Å². The first-order valence-corrected chi connectivity index (χ1v) is 7.59. The molecule has 0 radical (unpaired) electrons. The zero-order valence-corrected chi connectivity index (χ0v) is 12.8. The number of amides is 2. The summed E-state index contributed by atoms with van der Waals surface area (Å²) in [6.07, 6.45) is 0. The molecule has 1 aromatic heterocycles. The average molecular weight is 309 g/mol. The second kappa shape index (κ2) is 4.64. The Hall–Kier alpha value is -1.73. The van der Waals surface area contributed by atoms with Gasteiger partial charge in [-0.05, 0) is 11.4 Å². The van der Waals surface area contributed by atoms with E-state index in [-0.39, 0.29) is 17.9 Å². The first-order chi connectivity index (χ1) is 9.91. The minimum Gasteiger partial charge on any atom is -0.464 e. The third kappa shape index (κ3) is 1.77. The van der Waals surface area contributed by atoms with Crippen molar-refractivity contribution >= 4 is 29.1 Å². The molecule has 1 aromatic rings. The second-order valence-electron chi connectivity index (χ2n) is 5.72. The molecular weight excluding hydrogens is 292 g/mol. The number of hydrogen-bond acceptors (Lipinski definition) is 5. The number of thiophene rings is 1. The molecule has 2 aliphatic heterocycles. The summed E-state index contributed by atoms with van der Waals surface area (Å²) in [6.45, 7) is 1.69. The lowest BCUT2D eigenvalue weighted by Crippen LogP contribution is -2.97. The number of hydrogen-bond donors (Lipinski definition) is 1. The number of fused-ring (bicyclic) bond motifs is 1. The molecule has 3 heterocycles. The van der Waals surface area contributed by atoms with E-state index in [0.717, 1.165) is 9.78 Å². The van der Waals surface area contributed by atoms with E-state index in [1.807, 2.05) is 22.8 Å². The molecule has 2 N–H and O–H groups in total. The summed E-state index contributed by atoms with van der Waals surface area (Å²) >= 11 is 1.53. The highest BCUT2D eigenvalue weighted by atomic mass is 32.1. The fraction of sp³-hybridized carbons (Fsp3) is 0.500. The lowest BCUT2D eigenvalue weighted by atomic mass is 9.81. The Kier molecular flexibility index (Phi) is 3.14. The van der Waals surface area contributed by atoms with Gasteiger partial charge in [0.2, 0.25) is 17.4 Å². The number of carbonyl (C=O) groups excluding carboxylic acids is 3. The normalized spacial score (nSPS) is 35.2. The van der Waals surface area contributed by atoms with Crippen molar-refractivity contribution in [2.45, 2.75) is 18.5 Å². The third-order valence-corrected chi connectivity index (χ3v) is 5.60. The van der Waals surface area contributed by atoms with Crippen LogP contribution < -0.4 is 5.32 Å². The van der Waals surface area contributed by atoms with Crippen LogP contribution in [0.15, 0.2) is 17.5 Å². The number of methoxy groups -OCH3 is 1. The van der Waals surface area contributed by atoms with E-state index in [1.54, 1.807) is 6.92 Å². The highest BCUT2D eigenvalue weighted by Crippen LogP contribution is 2.44. The zero-order valence-electron chi connectivity index (χ0n) is 12.0. The Morgan fingerprint density at radius 1 is 1.43 bits per heavy atom. The summed E-state index contributed by atoms with van der Waals surface area (Å²) in [5, 5.41) is 3.75. The van der Waals surface area contributed by atoms with Crippen LogP contribution in [0.5, 0.6) is 0 Å². The van der Waals surface area contributed by atoms with Crippen LogP contribution in [0.3, 0.4) is 0 Å². The Balaban J connectivity index is 2.10. The molecule has 2 aliphatic rings. The Morgan fingerprint density at radius 3 is 2.71 bits per heavy atom. The number of likely N-dealkylation sites (tertiary alicyclic amines) is 1. The minimum atomic E-state index is -1.06. The molecule has 3 rings (SSSR count). The SMILES string of the molecule is COC(=O)[C@@]1(C)[NH2+][C@@H](c2cccs2)[C@H]2C(=O)N(C)C(=O)[C@H]21. The molecule has 0 saturated carbocycles. The molecular formula is C14H17N2O4S+. The predicted molar refractivity (Wildman–Crippen MR) is 74.2 cm³/mol. The Bertz CT molecular complexity index is 615. The molecule has 21 heavy (non-hydrogen) atoms. The van der Waals surface area contributed by atoms with Crippen molar-refractivity contribution in [1.29, 1.82) is 0 Å². The summed E-state index contributed by atoms with van der Waals surface area (Å²) in [7, 11) is 2.78. The third-order valence-electron chi connectivity index (χ3n) is 4.63. The zero-order chi connectivity index (χ0) is 15.4. The molecule has 2 fully saturated rings. The van der Waals surface area contributed by atoms with Gasteiger partial charge in [-0.25, -0.2) is 4.79 Å². The van der Waals surface area contributed by atoms with Gasteiger partial charge in [-0.1, -0.05) is 6.07 Å². The van der Waals surface area contributed by atoms with Crippen molar-refractivity contribution in [3.63, 3.8) is 0 Å². The van der Waals surface area contributed by atoms with Crippen molar-refractivity contribution in [1.82, 2.24) is 4.90 Å². The van der Waals surface area contributed by atoms with Gasteiger partial charge in [-0.3, -0.25) is 14.5 Å². The van der Waals surface area contributed by atoms with Gasteiger partial charge in [-0.15, -0.1) is 11.3 Å². The number of imide groups is 1. The topological polar surface area (TPSA) is 80.3 Å². The fourth-order valence-corrected chi connectivity index (χ4v) is 4.41. The smallest absolute Gasteiger partial charge is 0.368 e. The summed E-state index contributed by atoms with van der Waals surface area (Å²) in [4.78, 5) is 39.2. The number of nitrogens with zero attached hydrogens (tertiary/aromatic N) is 1. The molecule has 0 aromatic carbocycles. The largest absolute Gasteiger partial charge is 0.464 e. The molecule has 6 nitrogen and oxygen atoms in total. The summed E-state index contributed by atoms with van der Waals surface area (Å²) in [6, 6.07) is 3.62. The Labute approximate surface area is 126 Å². The summed E-state index contributed by atoms with van der Waals surface area (Å²) in [5.74, 6) is -2.16. The minimum absolute atomic E-state index is 0.215. The first kappa shape index (κ1) is 14.2. The van der Waals surface area contributed by atoms with Crippen LogP contribution in [0.2, 0.25) is 0 Å². The lowest BCUT2D eigenvalue weighted by molar-refractivity contribution is -0.730. The number of ether oxygens (including phenoxy) is 1. The van der Waals surface area contributed by atoms with E-state index < -0.39 is 23.3 Å². The molecule has 7 heteroatoms. The molecule has 0 unspecified atom stereocenters. The molecule has 4 atom stereocenters. The number of quaternary nitrogens is 1. The highest BCUT2D eigenvalue weighted by Gasteiger charge is 2.70. The standard InChI is InChI=1S/C14H16N2O4S/c1-14(13(19)20-3)9-8(11(17)16(2)12(9)18)10(15-14)7-5-4-6-21-7/h4-6,8-10,15H,1-3H3/p+1/t8-,9-,10-,14-/m0/s1. The maximum atomic E-state index is 12.4. The highest BCUT2D eigenvalue weighted by molar-refractivity contribution is 7.10. The number of carbonyl (C=O) groups is 3. The van der Waals surface area contributed by atoms with Crippen LogP contribution in [-0.4, -0.2) is 42.4 Å². The van der Waals surface area contributed by atoms with Gasteiger partial charge in [0.25, 0.3) is 0 Å². The van der Waals surface area contributed by atoms with Crippen LogP contribution in [0, 0.1) is 11.8 Å². The van der Waals surface area contributed by atoms with E-state index in [2.05, 4.69) is 0 Å². The van der Waals surface area contributed by atoms with E-state index in [0.29, 0.717) is 0 Å². The van der Waals surface area contributed by atoms with Crippen LogP contribution in [0.1, 0.15) is 17.8 Å². The quantitative estimate of drug-likeness (QED) is 0.591. The van der Waals surface area contributed by atoms with Crippen molar-refractivity contribution in [3.05, 3.63) is 22.4 Å².